The highest BCUT2D eigenvalue weighted by atomic mass is 19.1. The zero-order chi connectivity index (χ0) is 17.2. The Bertz CT molecular complexity index is 907. The molecule has 1 amide bonds. The normalized spacial score (nSPS) is 16.4. The van der Waals surface area contributed by atoms with Gasteiger partial charge in [0.15, 0.2) is 0 Å². The van der Waals surface area contributed by atoms with E-state index < -0.39 is 6.04 Å². The van der Waals surface area contributed by atoms with Crippen molar-refractivity contribution in [2.45, 2.75) is 12.5 Å². The summed E-state index contributed by atoms with van der Waals surface area (Å²) in [6.45, 7) is 0.573. The number of benzene rings is 3. The fraction of sp³-hybridized carbons (Fsp3) is 0.136. The zero-order valence-electron chi connectivity index (χ0n) is 13.7. The second-order valence-corrected chi connectivity index (χ2v) is 6.24. The minimum atomic E-state index is -0.404. The first-order valence-corrected chi connectivity index (χ1v) is 8.44. The molecule has 0 saturated heterocycles. The number of hydrogen-bond acceptors (Lipinski definition) is 1. The fourth-order valence-corrected chi connectivity index (χ4v) is 3.56. The molecule has 0 fully saturated rings. The average molecular weight is 331 g/mol. The molecule has 3 aromatic carbocycles. The molecule has 4 rings (SSSR count). The number of amides is 1. The Hall–Kier alpha value is -2.94. The number of rotatable bonds is 2. The molecule has 1 atom stereocenters. The van der Waals surface area contributed by atoms with Gasteiger partial charge in [-0.3, -0.25) is 4.79 Å². The predicted molar refractivity (Wildman–Crippen MR) is 95.9 cm³/mol. The molecule has 0 unspecified atom stereocenters. The molecule has 1 aliphatic heterocycles. The van der Waals surface area contributed by atoms with Crippen LogP contribution in [0.5, 0.6) is 0 Å². The quantitative estimate of drug-likeness (QED) is 0.671. The van der Waals surface area contributed by atoms with Crippen molar-refractivity contribution in [3.05, 3.63) is 107 Å². The molecule has 0 saturated carbocycles. The molecule has 124 valence electrons. The van der Waals surface area contributed by atoms with Crippen LogP contribution in [0.2, 0.25) is 0 Å². The predicted octanol–water partition coefficient (Wildman–Crippen LogP) is 4.61. The molecule has 3 heteroatoms. The summed E-state index contributed by atoms with van der Waals surface area (Å²) in [5.74, 6) is -0.349. The Balaban J connectivity index is 1.84. The highest BCUT2D eigenvalue weighted by molar-refractivity contribution is 5.95. The Morgan fingerprint density at radius 2 is 1.48 bits per heavy atom. The minimum absolute atomic E-state index is 0.0663. The molecule has 0 aromatic heterocycles. The summed E-state index contributed by atoms with van der Waals surface area (Å²) < 4.78 is 14.6. The van der Waals surface area contributed by atoms with Crippen LogP contribution in [-0.4, -0.2) is 17.4 Å². The van der Waals surface area contributed by atoms with Gasteiger partial charge in [0.2, 0.25) is 0 Å². The van der Waals surface area contributed by atoms with Crippen LogP contribution in [0.25, 0.3) is 0 Å². The summed E-state index contributed by atoms with van der Waals surface area (Å²) in [7, 11) is 0. The van der Waals surface area contributed by atoms with E-state index in [0.717, 1.165) is 12.0 Å². The van der Waals surface area contributed by atoms with Crippen molar-refractivity contribution < 1.29 is 9.18 Å². The van der Waals surface area contributed by atoms with Gasteiger partial charge >= 0.3 is 0 Å². The third-order valence-electron chi connectivity index (χ3n) is 4.76. The van der Waals surface area contributed by atoms with Gasteiger partial charge in [-0.25, -0.2) is 4.39 Å². The molecule has 0 radical (unpaired) electrons. The van der Waals surface area contributed by atoms with Gasteiger partial charge in [-0.15, -0.1) is 0 Å². The summed E-state index contributed by atoms with van der Waals surface area (Å²) in [6.07, 6.45) is 0.777. The first-order chi connectivity index (χ1) is 12.3. The van der Waals surface area contributed by atoms with E-state index in [2.05, 4.69) is 6.07 Å². The third-order valence-corrected chi connectivity index (χ3v) is 4.76. The van der Waals surface area contributed by atoms with Crippen molar-refractivity contribution in [1.82, 2.24) is 4.90 Å². The van der Waals surface area contributed by atoms with Crippen LogP contribution in [0.15, 0.2) is 78.9 Å². The molecule has 1 heterocycles. The summed E-state index contributed by atoms with van der Waals surface area (Å²) in [4.78, 5) is 14.9. The maximum Gasteiger partial charge on any atom is 0.254 e. The molecule has 25 heavy (non-hydrogen) atoms. The summed E-state index contributed by atoms with van der Waals surface area (Å²) in [5.41, 5.74) is 3.35. The van der Waals surface area contributed by atoms with Gasteiger partial charge in [-0.1, -0.05) is 60.7 Å². The zero-order valence-corrected chi connectivity index (χ0v) is 13.7. The lowest BCUT2D eigenvalue weighted by Crippen LogP contribution is -2.41. The second-order valence-electron chi connectivity index (χ2n) is 6.24. The van der Waals surface area contributed by atoms with E-state index in [1.54, 1.807) is 29.2 Å². The number of carbonyl (C=O) groups excluding carboxylic acids is 1. The lowest BCUT2D eigenvalue weighted by Gasteiger charge is -2.38. The second kappa shape index (κ2) is 6.52. The maximum atomic E-state index is 14.6. The van der Waals surface area contributed by atoms with Crippen molar-refractivity contribution in [1.29, 1.82) is 0 Å². The Labute approximate surface area is 146 Å². The Kier molecular flexibility index (Phi) is 4.06. The van der Waals surface area contributed by atoms with Crippen LogP contribution < -0.4 is 0 Å². The van der Waals surface area contributed by atoms with Gasteiger partial charge in [0.1, 0.15) is 5.82 Å². The molecule has 0 aliphatic carbocycles. The van der Waals surface area contributed by atoms with E-state index in [1.165, 1.54) is 11.6 Å². The van der Waals surface area contributed by atoms with Crippen molar-refractivity contribution >= 4 is 5.91 Å². The van der Waals surface area contributed by atoms with E-state index in [-0.39, 0.29) is 11.7 Å². The van der Waals surface area contributed by atoms with Gasteiger partial charge in [-0.05, 0) is 35.7 Å². The summed E-state index contributed by atoms with van der Waals surface area (Å²) >= 11 is 0. The SMILES string of the molecule is O=C(c1ccccc1)N1CCc2ccccc2[C@@H]1c1ccccc1F. The average Bonchev–Trinajstić information content (AvgIpc) is 2.68. The van der Waals surface area contributed by atoms with Crippen LogP contribution in [0.4, 0.5) is 4.39 Å². The molecule has 0 spiro atoms. The monoisotopic (exact) mass is 331 g/mol. The number of carbonyl (C=O) groups is 1. The minimum Gasteiger partial charge on any atom is -0.327 e. The first kappa shape index (κ1) is 15.6. The topological polar surface area (TPSA) is 20.3 Å². The Morgan fingerprint density at radius 3 is 2.24 bits per heavy atom. The largest absolute Gasteiger partial charge is 0.327 e. The number of fused-ring (bicyclic) bond motifs is 1. The number of hydrogen-bond donors (Lipinski definition) is 0. The smallest absolute Gasteiger partial charge is 0.254 e. The van der Waals surface area contributed by atoms with Crippen LogP contribution in [0, 0.1) is 5.82 Å². The number of nitrogens with zero attached hydrogens (tertiary/aromatic N) is 1. The van der Waals surface area contributed by atoms with Gasteiger partial charge in [-0.2, -0.15) is 0 Å². The van der Waals surface area contributed by atoms with Crippen LogP contribution >= 0.6 is 0 Å². The highest BCUT2D eigenvalue weighted by Crippen LogP contribution is 2.37. The summed E-state index contributed by atoms with van der Waals surface area (Å²) in [6, 6.07) is 23.5. The molecular formula is C22H18FNO. The van der Waals surface area contributed by atoms with E-state index in [0.29, 0.717) is 17.7 Å². The summed E-state index contributed by atoms with van der Waals surface area (Å²) in [5, 5.41) is 0. The lowest BCUT2D eigenvalue weighted by molar-refractivity contribution is 0.0692. The fourth-order valence-electron chi connectivity index (χ4n) is 3.56. The standard InChI is InChI=1S/C22H18FNO/c23-20-13-7-6-12-19(20)21-18-11-5-4-8-16(18)14-15-24(21)22(25)17-9-2-1-3-10-17/h1-13,21H,14-15H2/t21-/m1/s1. The van der Waals surface area contributed by atoms with Crippen molar-refractivity contribution in [2.24, 2.45) is 0 Å². The third kappa shape index (κ3) is 2.82. The molecule has 3 aromatic rings. The van der Waals surface area contributed by atoms with Gasteiger partial charge in [0, 0.05) is 17.7 Å². The molecule has 0 bridgehead atoms. The highest BCUT2D eigenvalue weighted by Gasteiger charge is 2.33. The number of halogens is 1. The molecule has 2 nitrogen and oxygen atoms in total. The van der Waals surface area contributed by atoms with E-state index in [9.17, 15) is 9.18 Å². The first-order valence-electron chi connectivity index (χ1n) is 8.44. The molecule has 0 N–H and O–H groups in total. The van der Waals surface area contributed by atoms with Crippen LogP contribution in [0.3, 0.4) is 0 Å². The maximum absolute atomic E-state index is 14.6. The van der Waals surface area contributed by atoms with Crippen molar-refractivity contribution in [2.75, 3.05) is 6.54 Å². The van der Waals surface area contributed by atoms with Crippen LogP contribution in [0.1, 0.15) is 33.1 Å². The lowest BCUT2D eigenvalue weighted by atomic mass is 9.87. The Morgan fingerprint density at radius 1 is 0.840 bits per heavy atom. The molecule has 1 aliphatic rings. The van der Waals surface area contributed by atoms with Crippen LogP contribution in [-0.2, 0) is 6.42 Å². The van der Waals surface area contributed by atoms with Crippen molar-refractivity contribution in [3.8, 4) is 0 Å². The van der Waals surface area contributed by atoms with E-state index >= 15 is 0 Å². The van der Waals surface area contributed by atoms with E-state index in [1.807, 2.05) is 42.5 Å². The molecular weight excluding hydrogens is 313 g/mol. The van der Waals surface area contributed by atoms with Gasteiger partial charge in [0.25, 0.3) is 5.91 Å². The van der Waals surface area contributed by atoms with E-state index in [4.69, 9.17) is 0 Å². The van der Waals surface area contributed by atoms with Gasteiger partial charge in [0.05, 0.1) is 6.04 Å². The van der Waals surface area contributed by atoms with Gasteiger partial charge < -0.3 is 4.90 Å². The van der Waals surface area contributed by atoms with Crippen molar-refractivity contribution in [3.63, 3.8) is 0 Å².